The van der Waals surface area contributed by atoms with E-state index in [0.29, 0.717) is 18.5 Å². The van der Waals surface area contributed by atoms with Gasteiger partial charge in [-0.1, -0.05) is 24.6 Å². The van der Waals surface area contributed by atoms with Crippen molar-refractivity contribution in [1.82, 2.24) is 4.90 Å². The molecule has 0 saturated carbocycles. The highest BCUT2D eigenvalue weighted by Crippen LogP contribution is 2.16. The van der Waals surface area contributed by atoms with Gasteiger partial charge in [0.05, 0.1) is 5.02 Å². The maximum Gasteiger partial charge on any atom is 0.323 e. The molecule has 20 heavy (non-hydrogen) atoms. The fraction of sp³-hybridized carbons (Fsp3) is 0.286. The van der Waals surface area contributed by atoms with Crippen LogP contribution in [-0.2, 0) is 9.59 Å². The molecule has 1 aromatic rings. The Morgan fingerprint density at radius 3 is 2.70 bits per heavy atom. The Bertz CT molecular complexity index is 531. The first-order chi connectivity index (χ1) is 9.43. The summed E-state index contributed by atoms with van der Waals surface area (Å²) in [5, 5.41) is 8.70. The number of nitrogens with zero attached hydrogens (tertiary/aromatic N) is 1. The van der Waals surface area contributed by atoms with Gasteiger partial charge >= 0.3 is 5.97 Å². The van der Waals surface area contributed by atoms with Gasteiger partial charge in [-0.25, -0.2) is 4.39 Å². The molecule has 108 valence electrons. The van der Waals surface area contributed by atoms with Crippen LogP contribution in [0.25, 0.3) is 6.08 Å². The van der Waals surface area contributed by atoms with Gasteiger partial charge in [0.2, 0.25) is 5.91 Å². The monoisotopic (exact) mass is 299 g/mol. The molecule has 4 nitrogen and oxygen atoms in total. The number of aliphatic carboxylic acids is 1. The van der Waals surface area contributed by atoms with Crippen molar-refractivity contribution in [2.45, 2.75) is 13.3 Å². The van der Waals surface area contributed by atoms with Gasteiger partial charge in [0, 0.05) is 12.6 Å². The zero-order valence-electron chi connectivity index (χ0n) is 11.0. The van der Waals surface area contributed by atoms with Gasteiger partial charge in [0.25, 0.3) is 0 Å². The number of halogens is 2. The molecule has 1 rings (SSSR count). The van der Waals surface area contributed by atoms with E-state index in [4.69, 9.17) is 16.7 Å². The molecular weight excluding hydrogens is 285 g/mol. The lowest BCUT2D eigenvalue weighted by molar-refractivity contribution is -0.142. The number of carbonyl (C=O) groups is 2. The molecule has 0 aliphatic carbocycles. The van der Waals surface area contributed by atoms with Crippen LogP contribution in [0.2, 0.25) is 5.02 Å². The fourth-order valence-electron chi connectivity index (χ4n) is 1.59. The number of carboxylic acid groups (broad SMARTS) is 1. The van der Waals surface area contributed by atoms with Crippen LogP contribution in [0.5, 0.6) is 0 Å². The van der Waals surface area contributed by atoms with Gasteiger partial charge < -0.3 is 10.0 Å². The molecular formula is C14H15ClFNO3. The number of benzene rings is 1. The Balaban J connectivity index is 2.77. The SMILES string of the molecule is CCCN(CC(=O)O)C(=O)/C=C/c1ccc(F)c(Cl)c1. The van der Waals surface area contributed by atoms with E-state index in [1.807, 2.05) is 6.92 Å². The van der Waals surface area contributed by atoms with Crippen molar-refractivity contribution < 1.29 is 19.1 Å². The second-order valence-corrected chi connectivity index (χ2v) is 4.57. The molecule has 1 aromatic carbocycles. The number of carboxylic acids is 1. The van der Waals surface area contributed by atoms with Crippen molar-refractivity contribution in [3.05, 3.63) is 40.7 Å². The van der Waals surface area contributed by atoms with E-state index in [0.717, 1.165) is 0 Å². The standard InChI is InChI=1S/C14H15ClFNO3/c1-2-7-17(9-14(19)20)13(18)6-4-10-3-5-12(16)11(15)8-10/h3-6,8H,2,7,9H2,1H3,(H,19,20)/b6-4+. The van der Waals surface area contributed by atoms with E-state index in [1.54, 1.807) is 0 Å². The molecule has 0 bridgehead atoms. The number of amides is 1. The fourth-order valence-corrected chi connectivity index (χ4v) is 1.78. The average molecular weight is 300 g/mol. The lowest BCUT2D eigenvalue weighted by Gasteiger charge is -2.17. The van der Waals surface area contributed by atoms with Gasteiger partial charge in [0.1, 0.15) is 12.4 Å². The number of rotatable bonds is 6. The van der Waals surface area contributed by atoms with Crippen LogP contribution in [-0.4, -0.2) is 35.0 Å². The first-order valence-corrected chi connectivity index (χ1v) is 6.45. The first kappa shape index (κ1) is 16.2. The lowest BCUT2D eigenvalue weighted by Crippen LogP contribution is -2.35. The van der Waals surface area contributed by atoms with Gasteiger partial charge in [-0.05, 0) is 30.2 Å². The molecule has 0 fully saturated rings. The second-order valence-electron chi connectivity index (χ2n) is 4.16. The number of carbonyl (C=O) groups excluding carboxylic acids is 1. The van der Waals surface area contributed by atoms with E-state index in [9.17, 15) is 14.0 Å². The van der Waals surface area contributed by atoms with Crippen molar-refractivity contribution in [2.24, 2.45) is 0 Å². The Morgan fingerprint density at radius 1 is 1.45 bits per heavy atom. The molecule has 0 radical (unpaired) electrons. The summed E-state index contributed by atoms with van der Waals surface area (Å²) >= 11 is 5.63. The molecule has 0 heterocycles. The van der Waals surface area contributed by atoms with Crippen molar-refractivity contribution in [3.8, 4) is 0 Å². The molecule has 0 spiro atoms. The highest BCUT2D eigenvalue weighted by atomic mass is 35.5. The van der Waals surface area contributed by atoms with Gasteiger partial charge in [-0.15, -0.1) is 0 Å². The summed E-state index contributed by atoms with van der Waals surface area (Å²) in [5.41, 5.74) is 0.566. The Morgan fingerprint density at radius 2 is 2.15 bits per heavy atom. The van der Waals surface area contributed by atoms with Crippen LogP contribution in [0, 0.1) is 5.82 Å². The summed E-state index contributed by atoms with van der Waals surface area (Å²) in [6, 6.07) is 4.07. The van der Waals surface area contributed by atoms with Crippen molar-refractivity contribution >= 4 is 29.6 Å². The minimum atomic E-state index is -1.06. The highest BCUT2D eigenvalue weighted by molar-refractivity contribution is 6.30. The summed E-state index contributed by atoms with van der Waals surface area (Å²) in [6.45, 7) is 1.87. The zero-order chi connectivity index (χ0) is 15.1. The van der Waals surface area contributed by atoms with E-state index in [-0.39, 0.29) is 11.6 Å². The molecule has 0 aliphatic heterocycles. The second kappa shape index (κ2) is 7.65. The minimum absolute atomic E-state index is 0.0319. The molecule has 0 aliphatic rings. The summed E-state index contributed by atoms with van der Waals surface area (Å²) in [4.78, 5) is 23.8. The van der Waals surface area contributed by atoms with Crippen molar-refractivity contribution in [1.29, 1.82) is 0 Å². The predicted octanol–water partition coefficient (Wildman–Crippen LogP) is 2.82. The normalized spacial score (nSPS) is 10.8. The first-order valence-electron chi connectivity index (χ1n) is 6.08. The maximum atomic E-state index is 13.0. The van der Waals surface area contributed by atoms with Crippen molar-refractivity contribution in [3.63, 3.8) is 0 Å². The third-order valence-electron chi connectivity index (χ3n) is 2.49. The van der Waals surface area contributed by atoms with Crippen molar-refractivity contribution in [2.75, 3.05) is 13.1 Å². The van der Waals surface area contributed by atoms with E-state index in [2.05, 4.69) is 0 Å². The summed E-state index contributed by atoms with van der Waals surface area (Å²) < 4.78 is 13.0. The van der Waals surface area contributed by atoms with Gasteiger partial charge in [-0.2, -0.15) is 0 Å². The number of hydrogen-bond donors (Lipinski definition) is 1. The minimum Gasteiger partial charge on any atom is -0.480 e. The molecule has 1 N–H and O–H groups in total. The van der Waals surface area contributed by atoms with Crippen LogP contribution in [0.3, 0.4) is 0 Å². The maximum absolute atomic E-state index is 13.0. The Kier molecular flexibility index (Phi) is 6.18. The van der Waals surface area contributed by atoms with E-state index < -0.39 is 17.7 Å². The summed E-state index contributed by atoms with van der Waals surface area (Å²) in [7, 11) is 0. The van der Waals surface area contributed by atoms with E-state index >= 15 is 0 Å². The molecule has 0 saturated heterocycles. The van der Waals surface area contributed by atoms with Crippen LogP contribution >= 0.6 is 11.6 Å². The lowest BCUT2D eigenvalue weighted by atomic mass is 10.2. The van der Waals surface area contributed by atoms with Crippen LogP contribution in [0.1, 0.15) is 18.9 Å². The van der Waals surface area contributed by atoms with Gasteiger partial charge in [-0.3, -0.25) is 9.59 Å². The summed E-state index contributed by atoms with van der Waals surface area (Å²) in [5.74, 6) is -2.01. The molecule has 0 aromatic heterocycles. The zero-order valence-corrected chi connectivity index (χ0v) is 11.7. The number of hydrogen-bond acceptors (Lipinski definition) is 2. The summed E-state index contributed by atoms with van der Waals surface area (Å²) in [6.07, 6.45) is 3.38. The molecule has 0 atom stereocenters. The highest BCUT2D eigenvalue weighted by Gasteiger charge is 2.13. The third-order valence-corrected chi connectivity index (χ3v) is 2.78. The Labute approximate surface area is 121 Å². The van der Waals surface area contributed by atoms with Crippen LogP contribution in [0.15, 0.2) is 24.3 Å². The van der Waals surface area contributed by atoms with Crippen LogP contribution < -0.4 is 0 Å². The third kappa shape index (κ3) is 5.01. The smallest absolute Gasteiger partial charge is 0.323 e. The van der Waals surface area contributed by atoms with Crippen LogP contribution in [0.4, 0.5) is 4.39 Å². The molecule has 6 heteroatoms. The topological polar surface area (TPSA) is 57.6 Å². The molecule has 0 unspecified atom stereocenters. The van der Waals surface area contributed by atoms with Gasteiger partial charge in [0.15, 0.2) is 0 Å². The van der Waals surface area contributed by atoms with E-state index in [1.165, 1.54) is 35.3 Å². The largest absolute Gasteiger partial charge is 0.480 e. The predicted molar refractivity (Wildman–Crippen MR) is 75.0 cm³/mol. The average Bonchev–Trinajstić information content (AvgIpc) is 2.39. The molecule has 1 amide bonds. The quantitative estimate of drug-likeness (QED) is 0.822. The Hall–Kier alpha value is -1.88.